The standard InChI is InChI=1S/C34H44FN3O4/c1-42-25-10-12-29-27(22-25)33(13-7-5-3-2-4-6-8-14-33)23-30(36-29)24-9-11-26(28(35)21-24)31(39)37-17-19-38(20-18-37)32(40)34(41)15-16-34/h9-12,21-22,30,36,41H,2-8,13-20,23H2,1H3. The molecule has 1 atom stereocenters. The van der Waals surface area contributed by atoms with Crippen LogP contribution in [-0.4, -0.2) is 65.6 Å². The van der Waals surface area contributed by atoms with Gasteiger partial charge in [-0.05, 0) is 79.0 Å². The highest BCUT2D eigenvalue weighted by molar-refractivity contribution is 5.95. The Bertz CT molecular complexity index is 1310. The molecule has 1 spiro atoms. The van der Waals surface area contributed by atoms with Crippen molar-refractivity contribution in [2.45, 2.75) is 94.1 Å². The summed E-state index contributed by atoms with van der Waals surface area (Å²) in [6.45, 7) is 1.36. The van der Waals surface area contributed by atoms with E-state index in [1.165, 1.54) is 56.6 Å². The maximum Gasteiger partial charge on any atom is 0.256 e. The number of anilines is 1. The minimum atomic E-state index is -1.21. The molecule has 3 fully saturated rings. The lowest BCUT2D eigenvalue weighted by Gasteiger charge is -2.44. The summed E-state index contributed by atoms with van der Waals surface area (Å²) in [4.78, 5) is 29.0. The molecule has 8 heteroatoms. The number of carbonyl (C=O) groups excluding carboxylic acids is 2. The fourth-order valence-corrected chi connectivity index (χ4v) is 7.40. The zero-order chi connectivity index (χ0) is 29.3. The number of methoxy groups -OCH3 is 1. The number of rotatable bonds is 4. The third kappa shape index (κ3) is 5.75. The molecule has 0 radical (unpaired) electrons. The van der Waals surface area contributed by atoms with Gasteiger partial charge in [0.1, 0.15) is 17.2 Å². The first-order valence-corrected chi connectivity index (χ1v) is 15.9. The van der Waals surface area contributed by atoms with E-state index in [-0.39, 0.29) is 28.8 Å². The number of fused-ring (bicyclic) bond motifs is 2. The summed E-state index contributed by atoms with van der Waals surface area (Å²) in [5.41, 5.74) is 2.11. The van der Waals surface area contributed by atoms with Crippen molar-refractivity contribution in [3.05, 3.63) is 58.9 Å². The number of benzene rings is 2. The van der Waals surface area contributed by atoms with Gasteiger partial charge in [-0.25, -0.2) is 4.39 Å². The molecule has 0 aromatic heterocycles. The maximum atomic E-state index is 15.6. The van der Waals surface area contributed by atoms with Crippen molar-refractivity contribution >= 4 is 17.5 Å². The first-order valence-electron chi connectivity index (χ1n) is 15.9. The molecule has 4 aliphatic rings. The number of piperazine rings is 1. The van der Waals surface area contributed by atoms with Crippen LogP contribution in [0.15, 0.2) is 36.4 Å². The third-order valence-corrected chi connectivity index (χ3v) is 10.1. The lowest BCUT2D eigenvalue weighted by Crippen LogP contribution is -2.53. The van der Waals surface area contributed by atoms with Gasteiger partial charge >= 0.3 is 0 Å². The third-order valence-electron chi connectivity index (χ3n) is 10.1. The summed E-state index contributed by atoms with van der Waals surface area (Å²) in [6, 6.07) is 11.3. The predicted molar refractivity (Wildman–Crippen MR) is 160 cm³/mol. The Morgan fingerprint density at radius 3 is 2.14 bits per heavy atom. The van der Waals surface area contributed by atoms with E-state index in [4.69, 9.17) is 4.74 Å². The molecule has 6 rings (SSSR count). The summed E-state index contributed by atoms with van der Waals surface area (Å²) in [7, 11) is 1.71. The Balaban J connectivity index is 1.20. The van der Waals surface area contributed by atoms with E-state index in [2.05, 4.69) is 17.4 Å². The number of carbonyl (C=O) groups is 2. The fourth-order valence-electron chi connectivity index (χ4n) is 7.40. The number of hydrogen-bond donors (Lipinski definition) is 2. The van der Waals surface area contributed by atoms with Gasteiger partial charge in [0.15, 0.2) is 0 Å². The Labute approximate surface area is 248 Å². The molecule has 7 nitrogen and oxygen atoms in total. The van der Waals surface area contributed by atoms with E-state index in [1.54, 1.807) is 23.0 Å². The lowest BCUT2D eigenvalue weighted by atomic mass is 9.65. The number of hydrogen-bond acceptors (Lipinski definition) is 5. The van der Waals surface area contributed by atoms with E-state index < -0.39 is 11.4 Å². The molecule has 226 valence electrons. The van der Waals surface area contributed by atoms with Crippen molar-refractivity contribution in [1.29, 1.82) is 0 Å². The molecule has 2 aromatic rings. The van der Waals surface area contributed by atoms with Crippen molar-refractivity contribution in [3.8, 4) is 5.75 Å². The molecular formula is C34H44FN3O4. The molecule has 2 heterocycles. The summed E-state index contributed by atoms with van der Waals surface area (Å²) >= 11 is 0. The summed E-state index contributed by atoms with van der Waals surface area (Å²) < 4.78 is 21.3. The number of amides is 2. The minimum absolute atomic E-state index is 0.00712. The number of aliphatic hydroxyl groups is 1. The first kappa shape index (κ1) is 29.0. The van der Waals surface area contributed by atoms with Gasteiger partial charge in [-0.15, -0.1) is 0 Å². The van der Waals surface area contributed by atoms with Gasteiger partial charge in [0.2, 0.25) is 0 Å². The molecule has 2 aliphatic carbocycles. The zero-order valence-electron chi connectivity index (χ0n) is 24.8. The highest BCUT2D eigenvalue weighted by atomic mass is 19.1. The predicted octanol–water partition coefficient (Wildman–Crippen LogP) is 5.96. The van der Waals surface area contributed by atoms with E-state index in [0.717, 1.165) is 36.3 Å². The fraction of sp³-hybridized carbons (Fsp3) is 0.588. The summed E-state index contributed by atoms with van der Waals surface area (Å²) in [6.07, 6.45) is 12.8. The van der Waals surface area contributed by atoms with Crippen LogP contribution in [0.1, 0.15) is 105 Å². The normalized spacial score (nSPS) is 23.5. The number of nitrogens with one attached hydrogen (secondary N) is 1. The second kappa shape index (κ2) is 11.9. The van der Waals surface area contributed by atoms with Crippen molar-refractivity contribution in [3.63, 3.8) is 0 Å². The van der Waals surface area contributed by atoms with Gasteiger partial charge in [-0.2, -0.15) is 0 Å². The van der Waals surface area contributed by atoms with Crippen molar-refractivity contribution in [2.75, 3.05) is 38.6 Å². The topological polar surface area (TPSA) is 82.1 Å². The van der Waals surface area contributed by atoms with Crippen molar-refractivity contribution < 1.29 is 23.8 Å². The van der Waals surface area contributed by atoms with Gasteiger partial charge in [0.25, 0.3) is 11.8 Å². The van der Waals surface area contributed by atoms with Crippen LogP contribution in [0.3, 0.4) is 0 Å². The van der Waals surface area contributed by atoms with Gasteiger partial charge in [-0.3, -0.25) is 9.59 Å². The van der Waals surface area contributed by atoms with E-state index in [9.17, 15) is 14.7 Å². The highest BCUT2D eigenvalue weighted by Crippen LogP contribution is 2.51. The highest BCUT2D eigenvalue weighted by Gasteiger charge is 2.50. The van der Waals surface area contributed by atoms with E-state index >= 15 is 4.39 Å². The Morgan fingerprint density at radius 1 is 0.881 bits per heavy atom. The zero-order valence-corrected chi connectivity index (χ0v) is 24.8. The molecule has 2 aliphatic heterocycles. The van der Waals surface area contributed by atoms with E-state index in [0.29, 0.717) is 39.0 Å². The van der Waals surface area contributed by atoms with Gasteiger partial charge in [0.05, 0.1) is 18.7 Å². The van der Waals surface area contributed by atoms with E-state index in [1.807, 2.05) is 12.1 Å². The largest absolute Gasteiger partial charge is 0.497 e. The average molecular weight is 578 g/mol. The minimum Gasteiger partial charge on any atom is -0.497 e. The van der Waals surface area contributed by atoms with Crippen LogP contribution < -0.4 is 10.1 Å². The molecule has 42 heavy (non-hydrogen) atoms. The maximum absolute atomic E-state index is 15.6. The van der Waals surface area contributed by atoms with Gasteiger partial charge in [0, 0.05) is 31.9 Å². The SMILES string of the molecule is COc1ccc2c(c1)C1(CCCCCCCCC1)CC(c1ccc(C(=O)N3CCN(C(=O)C4(O)CC4)CC3)c(F)c1)N2. The summed E-state index contributed by atoms with van der Waals surface area (Å²) in [5, 5.41) is 13.8. The Hall–Kier alpha value is -3.13. The first-order chi connectivity index (χ1) is 20.3. The average Bonchev–Trinajstić information content (AvgIpc) is 3.77. The quantitative estimate of drug-likeness (QED) is 0.469. The van der Waals surface area contributed by atoms with Gasteiger partial charge < -0.3 is 25.0 Å². The smallest absolute Gasteiger partial charge is 0.256 e. The molecular weight excluding hydrogens is 533 g/mol. The van der Waals surface area contributed by atoms with Crippen LogP contribution in [0.5, 0.6) is 5.75 Å². The number of halogens is 1. The van der Waals surface area contributed by atoms with Crippen LogP contribution in [0, 0.1) is 5.82 Å². The molecule has 1 saturated heterocycles. The van der Waals surface area contributed by atoms with Crippen molar-refractivity contribution in [2.24, 2.45) is 0 Å². The van der Waals surface area contributed by atoms with Crippen molar-refractivity contribution in [1.82, 2.24) is 9.80 Å². The van der Waals surface area contributed by atoms with Crippen LogP contribution in [0.4, 0.5) is 10.1 Å². The monoisotopic (exact) mass is 577 g/mol. The molecule has 2 N–H and O–H groups in total. The lowest BCUT2D eigenvalue weighted by molar-refractivity contribution is -0.143. The molecule has 2 amide bonds. The molecule has 2 aromatic carbocycles. The summed E-state index contributed by atoms with van der Waals surface area (Å²) in [5.74, 6) is -0.244. The van der Waals surface area contributed by atoms with Crippen LogP contribution >= 0.6 is 0 Å². The molecule has 2 saturated carbocycles. The van der Waals surface area contributed by atoms with Crippen LogP contribution in [0.25, 0.3) is 0 Å². The van der Waals surface area contributed by atoms with Gasteiger partial charge in [-0.1, -0.05) is 51.0 Å². The second-order valence-corrected chi connectivity index (χ2v) is 12.9. The number of nitrogens with zero attached hydrogens (tertiary/aromatic N) is 2. The van der Waals surface area contributed by atoms with Crippen LogP contribution in [0.2, 0.25) is 0 Å². The molecule has 0 bridgehead atoms. The second-order valence-electron chi connectivity index (χ2n) is 12.9. The Kier molecular flexibility index (Phi) is 8.18. The number of ether oxygens (including phenoxy) is 1. The van der Waals surface area contributed by atoms with Crippen LogP contribution in [-0.2, 0) is 10.2 Å². The molecule has 1 unspecified atom stereocenters. The Morgan fingerprint density at radius 2 is 1.52 bits per heavy atom.